The minimum atomic E-state index is 0.473. The van der Waals surface area contributed by atoms with E-state index in [1.54, 1.807) is 20.3 Å². The first-order valence-corrected chi connectivity index (χ1v) is 7.36. The van der Waals surface area contributed by atoms with Gasteiger partial charge in [-0.15, -0.1) is 0 Å². The molecule has 2 unspecified atom stereocenters. The van der Waals surface area contributed by atoms with Crippen molar-refractivity contribution >= 4 is 29.1 Å². The van der Waals surface area contributed by atoms with E-state index in [-0.39, 0.29) is 0 Å². The number of thioether (sulfide) groups is 1. The molecule has 1 heterocycles. The van der Waals surface area contributed by atoms with Crippen molar-refractivity contribution in [2.75, 3.05) is 25.3 Å². The number of nitrogens with one attached hydrogen (secondary N) is 1. The average Bonchev–Trinajstić information content (AvgIpc) is 2.77. The molecule has 2 atom stereocenters. The Labute approximate surface area is 117 Å². The van der Waals surface area contributed by atoms with Crippen molar-refractivity contribution in [2.45, 2.75) is 24.6 Å². The molecular weight excluding hydrogens is 270 g/mol. The molecule has 1 fully saturated rings. The topological polar surface area (TPSA) is 30.5 Å². The largest absolute Gasteiger partial charge is 0.493 e. The molecule has 0 radical (unpaired) electrons. The second-order valence-corrected chi connectivity index (χ2v) is 6.29. The maximum atomic E-state index is 6.25. The van der Waals surface area contributed by atoms with Crippen LogP contribution in [0, 0.1) is 0 Å². The molecule has 1 aromatic carbocycles. The van der Waals surface area contributed by atoms with E-state index in [0.29, 0.717) is 27.8 Å². The molecule has 100 valence electrons. The summed E-state index contributed by atoms with van der Waals surface area (Å²) < 4.78 is 10.5. The lowest BCUT2D eigenvalue weighted by Gasteiger charge is -2.17. The summed E-state index contributed by atoms with van der Waals surface area (Å²) in [5.41, 5.74) is 0.911. The van der Waals surface area contributed by atoms with Crippen molar-refractivity contribution in [1.29, 1.82) is 0 Å². The highest BCUT2D eigenvalue weighted by molar-refractivity contribution is 8.00. The molecule has 5 heteroatoms. The van der Waals surface area contributed by atoms with Gasteiger partial charge < -0.3 is 14.8 Å². The molecule has 1 N–H and O–H groups in total. The van der Waals surface area contributed by atoms with E-state index < -0.39 is 0 Å². The van der Waals surface area contributed by atoms with Gasteiger partial charge in [-0.25, -0.2) is 0 Å². The lowest BCUT2D eigenvalue weighted by atomic mass is 10.2. The Morgan fingerprint density at radius 2 is 1.94 bits per heavy atom. The van der Waals surface area contributed by atoms with E-state index in [0.717, 1.165) is 17.9 Å². The van der Waals surface area contributed by atoms with E-state index in [1.807, 2.05) is 17.8 Å². The third-order valence-corrected chi connectivity index (χ3v) is 4.70. The summed E-state index contributed by atoms with van der Waals surface area (Å²) in [6.07, 6.45) is 1.16. The van der Waals surface area contributed by atoms with E-state index in [9.17, 15) is 0 Å². The van der Waals surface area contributed by atoms with Crippen LogP contribution in [0.2, 0.25) is 5.02 Å². The number of hydrogen-bond donors (Lipinski definition) is 1. The second-order valence-electron chi connectivity index (χ2n) is 4.41. The number of halogens is 1. The van der Waals surface area contributed by atoms with Crippen LogP contribution in [-0.2, 0) is 0 Å². The Morgan fingerprint density at radius 1 is 1.28 bits per heavy atom. The molecule has 3 nitrogen and oxygen atoms in total. The smallest absolute Gasteiger partial charge is 0.162 e. The molecule has 1 aromatic rings. The highest BCUT2D eigenvalue weighted by Gasteiger charge is 2.22. The summed E-state index contributed by atoms with van der Waals surface area (Å²) in [6, 6.07) is 4.16. The maximum Gasteiger partial charge on any atom is 0.162 e. The average molecular weight is 288 g/mol. The van der Waals surface area contributed by atoms with E-state index in [2.05, 4.69) is 12.2 Å². The zero-order valence-electron chi connectivity index (χ0n) is 10.8. The Hall–Kier alpha value is -0.740. The number of benzene rings is 1. The lowest BCUT2D eigenvalue weighted by Crippen LogP contribution is -2.19. The van der Waals surface area contributed by atoms with Crippen LogP contribution in [0.5, 0.6) is 11.5 Å². The molecule has 0 aromatic heterocycles. The summed E-state index contributed by atoms with van der Waals surface area (Å²) in [4.78, 5) is 0. The molecular formula is C13H18ClNO2S. The van der Waals surface area contributed by atoms with Gasteiger partial charge in [0.05, 0.1) is 24.9 Å². The predicted molar refractivity (Wildman–Crippen MR) is 78.5 cm³/mol. The van der Waals surface area contributed by atoms with Crippen LogP contribution in [0.3, 0.4) is 0 Å². The molecule has 0 amide bonds. The molecule has 0 bridgehead atoms. The predicted octanol–water partition coefficient (Wildman–Crippen LogP) is 3.66. The van der Waals surface area contributed by atoms with Gasteiger partial charge in [0.15, 0.2) is 11.5 Å². The van der Waals surface area contributed by atoms with Gasteiger partial charge in [-0.1, -0.05) is 18.5 Å². The SMILES string of the molecule is COc1cc(Cl)c(NC2CSC(C)C2)cc1OC. The molecule has 1 aliphatic heterocycles. The highest BCUT2D eigenvalue weighted by atomic mass is 35.5. The van der Waals surface area contributed by atoms with Crippen LogP contribution < -0.4 is 14.8 Å². The third kappa shape index (κ3) is 2.98. The van der Waals surface area contributed by atoms with Crippen LogP contribution in [0.25, 0.3) is 0 Å². The lowest BCUT2D eigenvalue weighted by molar-refractivity contribution is 0.355. The summed E-state index contributed by atoms with van der Waals surface area (Å²) >= 11 is 8.23. The van der Waals surface area contributed by atoms with Crippen molar-refractivity contribution in [3.05, 3.63) is 17.2 Å². The van der Waals surface area contributed by atoms with Crippen LogP contribution >= 0.6 is 23.4 Å². The van der Waals surface area contributed by atoms with Crippen molar-refractivity contribution in [2.24, 2.45) is 0 Å². The standard InChI is InChI=1S/C13H18ClNO2S/c1-8-4-9(7-18-8)15-11-6-13(17-3)12(16-2)5-10(11)14/h5-6,8-9,15H,4,7H2,1-3H3. The van der Waals surface area contributed by atoms with Gasteiger partial charge in [0.2, 0.25) is 0 Å². The van der Waals surface area contributed by atoms with Gasteiger partial charge in [0.1, 0.15) is 0 Å². The first kappa shape index (κ1) is 13.7. The van der Waals surface area contributed by atoms with Crippen molar-refractivity contribution < 1.29 is 9.47 Å². The van der Waals surface area contributed by atoms with Crippen molar-refractivity contribution in [3.8, 4) is 11.5 Å². The summed E-state index contributed by atoms with van der Waals surface area (Å²) in [7, 11) is 3.24. The zero-order chi connectivity index (χ0) is 13.1. The van der Waals surface area contributed by atoms with Gasteiger partial charge in [-0.05, 0) is 6.42 Å². The Balaban J connectivity index is 2.17. The van der Waals surface area contributed by atoms with Crippen LogP contribution in [0.1, 0.15) is 13.3 Å². The number of methoxy groups -OCH3 is 2. The van der Waals surface area contributed by atoms with Gasteiger partial charge in [0.25, 0.3) is 0 Å². The summed E-state index contributed by atoms with van der Waals surface area (Å²) in [5.74, 6) is 2.47. The fourth-order valence-corrected chi connectivity index (χ4v) is 3.46. The van der Waals surface area contributed by atoms with Crippen molar-refractivity contribution in [1.82, 2.24) is 0 Å². The minimum absolute atomic E-state index is 0.473. The van der Waals surface area contributed by atoms with Crippen molar-refractivity contribution in [3.63, 3.8) is 0 Å². The van der Waals surface area contributed by atoms with E-state index in [4.69, 9.17) is 21.1 Å². The molecule has 18 heavy (non-hydrogen) atoms. The number of hydrogen-bond acceptors (Lipinski definition) is 4. The summed E-state index contributed by atoms with van der Waals surface area (Å²) in [6.45, 7) is 2.25. The van der Waals surface area contributed by atoms with Gasteiger partial charge in [0, 0.05) is 29.2 Å². The first-order valence-electron chi connectivity index (χ1n) is 5.93. The zero-order valence-corrected chi connectivity index (χ0v) is 12.4. The van der Waals surface area contributed by atoms with Crippen LogP contribution in [0.4, 0.5) is 5.69 Å². The Kier molecular flexibility index (Phi) is 4.51. The molecule has 0 spiro atoms. The number of ether oxygens (including phenoxy) is 2. The molecule has 2 rings (SSSR count). The van der Waals surface area contributed by atoms with Crippen LogP contribution in [0.15, 0.2) is 12.1 Å². The summed E-state index contributed by atoms with van der Waals surface area (Å²) in [5, 5.41) is 4.85. The molecule has 1 aliphatic rings. The van der Waals surface area contributed by atoms with Gasteiger partial charge >= 0.3 is 0 Å². The second kappa shape index (κ2) is 5.93. The molecule has 1 saturated heterocycles. The molecule has 0 aliphatic carbocycles. The maximum absolute atomic E-state index is 6.25. The molecule has 0 saturated carbocycles. The normalized spacial score (nSPS) is 22.9. The Morgan fingerprint density at radius 3 is 2.50 bits per heavy atom. The fraction of sp³-hybridized carbons (Fsp3) is 0.538. The van der Waals surface area contributed by atoms with Crippen LogP contribution in [-0.4, -0.2) is 31.3 Å². The number of rotatable bonds is 4. The van der Waals surface area contributed by atoms with Gasteiger partial charge in [-0.2, -0.15) is 11.8 Å². The fourth-order valence-electron chi connectivity index (χ4n) is 2.10. The number of anilines is 1. The van der Waals surface area contributed by atoms with Gasteiger partial charge in [-0.3, -0.25) is 0 Å². The third-order valence-electron chi connectivity index (χ3n) is 3.03. The monoisotopic (exact) mass is 287 g/mol. The minimum Gasteiger partial charge on any atom is -0.493 e. The first-order chi connectivity index (χ1) is 8.63. The van der Waals surface area contributed by atoms with E-state index >= 15 is 0 Å². The van der Waals surface area contributed by atoms with E-state index in [1.165, 1.54) is 0 Å². The highest BCUT2D eigenvalue weighted by Crippen LogP contribution is 2.37. The quantitative estimate of drug-likeness (QED) is 0.915. The Bertz CT molecular complexity index is 428.